The van der Waals surface area contributed by atoms with Crippen molar-refractivity contribution in [2.75, 3.05) is 26.2 Å². The number of hydrogen-bond acceptors (Lipinski definition) is 7. The molecule has 1 saturated heterocycles. The molecule has 1 aliphatic rings. The molecule has 2 amide bonds. The Kier molecular flexibility index (Phi) is 11.1. The number of likely N-dealkylation sites (tertiary alicyclic amines) is 1. The van der Waals surface area contributed by atoms with Crippen LogP contribution >= 0.6 is 0 Å². The molecule has 0 bridgehead atoms. The van der Waals surface area contributed by atoms with Crippen molar-refractivity contribution in [2.45, 2.75) is 66.7 Å². The Morgan fingerprint density at radius 1 is 1.02 bits per heavy atom. The minimum absolute atomic E-state index is 0.0156. The number of carbonyl (C=O) groups excluding carboxylic acids is 3. The van der Waals surface area contributed by atoms with Gasteiger partial charge in [-0.05, 0) is 49.9 Å². The summed E-state index contributed by atoms with van der Waals surface area (Å²) >= 11 is 0. The van der Waals surface area contributed by atoms with Crippen LogP contribution in [0.2, 0.25) is 0 Å². The quantitative estimate of drug-likeness (QED) is 0.261. The fourth-order valence-electron chi connectivity index (χ4n) is 6.03. The highest BCUT2D eigenvalue weighted by Crippen LogP contribution is 2.41. The molecule has 0 spiro atoms. The molecular formula is C36H44F2N4O7. The first kappa shape index (κ1) is 37.0. The Hall–Kier alpha value is -4.81. The molecule has 1 N–H and O–H groups in total. The highest BCUT2D eigenvalue weighted by Gasteiger charge is 2.46. The molecule has 13 heteroatoms. The van der Waals surface area contributed by atoms with Gasteiger partial charge in [0.2, 0.25) is 0 Å². The molecule has 3 aromatic rings. The maximum absolute atomic E-state index is 15.1. The summed E-state index contributed by atoms with van der Waals surface area (Å²) in [5.74, 6) is -5.27. The van der Waals surface area contributed by atoms with Gasteiger partial charge < -0.3 is 28.9 Å². The zero-order valence-corrected chi connectivity index (χ0v) is 28.9. The maximum Gasteiger partial charge on any atom is 0.410 e. The SMILES string of the molecule is CC(=O)OCC(=O)N(CC1CN(C(=O)OC(C)(C)C)CC1C(=O)O)C(c1nc(-c2cc(F)ccc2F)cn1Cc1ccccc1)C(C)(C)C. The van der Waals surface area contributed by atoms with Crippen molar-refractivity contribution >= 4 is 23.9 Å². The van der Waals surface area contributed by atoms with Gasteiger partial charge in [-0.2, -0.15) is 0 Å². The van der Waals surface area contributed by atoms with Gasteiger partial charge in [0, 0.05) is 50.8 Å². The molecule has 264 valence electrons. The Labute approximate surface area is 284 Å². The predicted molar refractivity (Wildman–Crippen MR) is 176 cm³/mol. The van der Waals surface area contributed by atoms with Crippen molar-refractivity contribution in [1.29, 1.82) is 0 Å². The molecule has 2 aromatic carbocycles. The fraction of sp³-hybridized carbons (Fsp3) is 0.472. The van der Waals surface area contributed by atoms with Crippen LogP contribution in [0.4, 0.5) is 13.6 Å². The molecule has 4 rings (SSSR count). The molecule has 0 aliphatic carbocycles. The van der Waals surface area contributed by atoms with E-state index in [9.17, 15) is 28.7 Å². The van der Waals surface area contributed by atoms with Crippen LogP contribution in [-0.4, -0.2) is 80.2 Å². The Morgan fingerprint density at radius 3 is 2.29 bits per heavy atom. The molecule has 3 atom stereocenters. The molecule has 11 nitrogen and oxygen atoms in total. The molecule has 1 aliphatic heterocycles. The number of imidazole rings is 1. The summed E-state index contributed by atoms with van der Waals surface area (Å²) in [5, 5.41) is 10.2. The summed E-state index contributed by atoms with van der Waals surface area (Å²) < 4.78 is 41.8. The zero-order valence-electron chi connectivity index (χ0n) is 28.9. The number of carbonyl (C=O) groups is 4. The molecule has 1 aromatic heterocycles. The van der Waals surface area contributed by atoms with E-state index in [4.69, 9.17) is 14.5 Å². The third-order valence-electron chi connectivity index (χ3n) is 8.14. The van der Waals surface area contributed by atoms with Gasteiger partial charge >= 0.3 is 18.0 Å². The summed E-state index contributed by atoms with van der Waals surface area (Å²) in [6.45, 7) is 11.2. The van der Waals surface area contributed by atoms with Crippen LogP contribution in [0.25, 0.3) is 11.3 Å². The third-order valence-corrected chi connectivity index (χ3v) is 8.14. The van der Waals surface area contributed by atoms with Gasteiger partial charge in [-0.25, -0.2) is 18.6 Å². The molecule has 49 heavy (non-hydrogen) atoms. The topological polar surface area (TPSA) is 131 Å². The van der Waals surface area contributed by atoms with Gasteiger partial charge in [0.1, 0.15) is 23.1 Å². The fourth-order valence-corrected chi connectivity index (χ4v) is 6.03. The first-order valence-electron chi connectivity index (χ1n) is 16.0. The van der Waals surface area contributed by atoms with Crippen molar-refractivity contribution in [3.8, 4) is 11.3 Å². The van der Waals surface area contributed by atoms with Gasteiger partial charge in [-0.15, -0.1) is 0 Å². The van der Waals surface area contributed by atoms with Crippen LogP contribution in [0.1, 0.15) is 65.9 Å². The number of ether oxygens (including phenoxy) is 2. The van der Waals surface area contributed by atoms with Crippen LogP contribution in [0.3, 0.4) is 0 Å². The predicted octanol–water partition coefficient (Wildman–Crippen LogP) is 5.92. The standard InChI is InChI=1S/C36H44F2N4O7/c1-22(43)48-21-30(44)42(18-24-17-41(19-27(24)33(45)46)34(47)49-36(5,6)7)31(35(2,3)4)32-39-29(26-15-25(37)13-14-28(26)38)20-40(32)16-23-11-9-8-10-12-23/h8-15,20,24,27,31H,16-19,21H2,1-7H3,(H,45,46). The van der Waals surface area contributed by atoms with Gasteiger partial charge in [-0.3, -0.25) is 14.4 Å². The Balaban J connectivity index is 1.85. The summed E-state index contributed by atoms with van der Waals surface area (Å²) in [7, 11) is 0. The highest BCUT2D eigenvalue weighted by atomic mass is 19.1. The van der Waals surface area contributed by atoms with E-state index < -0.39 is 71.1 Å². The third kappa shape index (κ3) is 9.42. The van der Waals surface area contributed by atoms with Crippen molar-refractivity contribution in [3.63, 3.8) is 0 Å². The minimum atomic E-state index is -1.15. The molecule has 3 unspecified atom stereocenters. The van der Waals surface area contributed by atoms with Crippen LogP contribution in [0.5, 0.6) is 0 Å². The monoisotopic (exact) mass is 682 g/mol. The number of esters is 1. The number of carboxylic acids is 1. The lowest BCUT2D eigenvalue weighted by Gasteiger charge is -2.41. The van der Waals surface area contributed by atoms with Gasteiger partial charge in [0.25, 0.3) is 5.91 Å². The maximum atomic E-state index is 15.1. The van der Waals surface area contributed by atoms with E-state index in [-0.39, 0.29) is 37.4 Å². The molecule has 2 heterocycles. The van der Waals surface area contributed by atoms with Crippen LogP contribution < -0.4 is 0 Å². The summed E-state index contributed by atoms with van der Waals surface area (Å²) in [6.07, 6.45) is 0.916. The zero-order chi connectivity index (χ0) is 36.3. The van der Waals surface area contributed by atoms with E-state index in [2.05, 4.69) is 0 Å². The normalized spacial score (nSPS) is 17.0. The average molecular weight is 683 g/mol. The number of rotatable bonds is 10. The first-order chi connectivity index (χ1) is 22.8. The van der Waals surface area contributed by atoms with E-state index in [1.165, 1.54) is 16.7 Å². The lowest BCUT2D eigenvalue weighted by Crippen LogP contribution is -2.48. The van der Waals surface area contributed by atoms with Gasteiger partial charge in [-0.1, -0.05) is 51.1 Å². The number of carboxylic acid groups (broad SMARTS) is 1. The number of benzene rings is 2. The van der Waals surface area contributed by atoms with Crippen molar-refractivity contribution in [2.24, 2.45) is 17.3 Å². The average Bonchev–Trinajstić information content (AvgIpc) is 3.60. The molecular weight excluding hydrogens is 638 g/mol. The Morgan fingerprint density at radius 2 is 1.69 bits per heavy atom. The van der Waals surface area contributed by atoms with E-state index in [0.717, 1.165) is 23.8 Å². The van der Waals surface area contributed by atoms with Gasteiger partial charge in [0.15, 0.2) is 6.61 Å². The Bertz CT molecular complexity index is 1680. The number of aliphatic carboxylic acids is 1. The number of nitrogens with zero attached hydrogens (tertiary/aromatic N) is 4. The number of hydrogen-bond donors (Lipinski definition) is 1. The van der Waals surface area contributed by atoms with E-state index in [0.29, 0.717) is 5.82 Å². The molecule has 1 fully saturated rings. The summed E-state index contributed by atoms with van der Waals surface area (Å²) in [4.78, 5) is 58.9. The largest absolute Gasteiger partial charge is 0.481 e. The summed E-state index contributed by atoms with van der Waals surface area (Å²) in [5.41, 5.74) is -0.678. The molecule has 0 saturated carbocycles. The van der Waals surface area contributed by atoms with Crippen LogP contribution in [-0.2, 0) is 30.4 Å². The second-order valence-electron chi connectivity index (χ2n) is 14.4. The number of aromatic nitrogens is 2. The second kappa shape index (κ2) is 14.8. The van der Waals surface area contributed by atoms with Crippen LogP contribution in [0, 0.1) is 28.9 Å². The van der Waals surface area contributed by atoms with Crippen molar-refractivity contribution < 1.29 is 42.5 Å². The minimum Gasteiger partial charge on any atom is -0.481 e. The second-order valence-corrected chi connectivity index (χ2v) is 14.4. The van der Waals surface area contributed by atoms with E-state index in [1.54, 1.807) is 31.5 Å². The lowest BCUT2D eigenvalue weighted by molar-refractivity contribution is -0.154. The number of amides is 2. The van der Waals surface area contributed by atoms with Crippen LogP contribution in [0.15, 0.2) is 54.7 Å². The number of halogens is 2. The molecule has 0 radical (unpaired) electrons. The smallest absolute Gasteiger partial charge is 0.410 e. The summed E-state index contributed by atoms with van der Waals surface area (Å²) in [6, 6.07) is 11.5. The highest BCUT2D eigenvalue weighted by molar-refractivity contribution is 5.81. The van der Waals surface area contributed by atoms with Gasteiger partial charge in [0.05, 0.1) is 17.7 Å². The van der Waals surface area contributed by atoms with Crippen molar-refractivity contribution in [1.82, 2.24) is 19.4 Å². The van der Waals surface area contributed by atoms with E-state index >= 15 is 4.39 Å². The lowest BCUT2D eigenvalue weighted by atomic mass is 9.83. The van der Waals surface area contributed by atoms with Crippen molar-refractivity contribution in [3.05, 3.63) is 77.8 Å². The van der Waals surface area contributed by atoms with E-state index in [1.807, 2.05) is 51.1 Å². The first-order valence-corrected chi connectivity index (χ1v) is 16.0.